The summed E-state index contributed by atoms with van der Waals surface area (Å²) in [5.41, 5.74) is 0.886. The Balaban J connectivity index is 1.72. The molecule has 1 fully saturated rings. The first-order valence-electron chi connectivity index (χ1n) is 6.30. The highest BCUT2D eigenvalue weighted by atomic mass is 35.5. The molecule has 96 valence electrons. The average Bonchev–Trinajstić information content (AvgIpc) is 2.81. The van der Waals surface area contributed by atoms with Gasteiger partial charge in [0.15, 0.2) is 0 Å². The summed E-state index contributed by atoms with van der Waals surface area (Å²) in [6.07, 6.45) is 8.77. The standard InChI is InChI=1S/C13H19Cl2NO/c1-12(9-13(12,14)15)11(17)16-8-7-10-5-3-2-4-6-10/h5H,2-4,6-9H2,1H3,(H,16,17). The summed E-state index contributed by atoms with van der Waals surface area (Å²) in [6, 6.07) is 0. The number of rotatable bonds is 4. The third-order valence-corrected chi connectivity index (χ3v) is 4.98. The molecule has 1 amide bonds. The predicted octanol–water partition coefficient (Wildman–Crippen LogP) is 3.58. The van der Waals surface area contributed by atoms with E-state index in [1.165, 1.54) is 31.3 Å². The second kappa shape index (κ2) is 4.81. The molecule has 0 radical (unpaired) electrons. The molecule has 2 aliphatic rings. The van der Waals surface area contributed by atoms with Crippen LogP contribution in [0.3, 0.4) is 0 Å². The first-order valence-corrected chi connectivity index (χ1v) is 7.05. The van der Waals surface area contributed by atoms with Gasteiger partial charge in [0.1, 0.15) is 4.33 Å². The lowest BCUT2D eigenvalue weighted by atomic mass is 9.97. The Morgan fingerprint density at radius 1 is 1.47 bits per heavy atom. The van der Waals surface area contributed by atoms with E-state index in [1.807, 2.05) is 6.92 Å². The lowest BCUT2D eigenvalue weighted by molar-refractivity contribution is -0.125. The van der Waals surface area contributed by atoms with Crippen molar-refractivity contribution in [2.75, 3.05) is 6.54 Å². The Kier molecular flexibility index (Phi) is 3.74. The number of carbonyl (C=O) groups excluding carboxylic acids is 1. The van der Waals surface area contributed by atoms with Gasteiger partial charge < -0.3 is 5.32 Å². The van der Waals surface area contributed by atoms with Crippen LogP contribution >= 0.6 is 23.2 Å². The summed E-state index contributed by atoms with van der Waals surface area (Å²) in [5, 5.41) is 2.94. The van der Waals surface area contributed by atoms with Crippen molar-refractivity contribution in [2.24, 2.45) is 5.41 Å². The molecule has 0 aromatic rings. The van der Waals surface area contributed by atoms with E-state index >= 15 is 0 Å². The minimum Gasteiger partial charge on any atom is -0.355 e. The highest BCUT2D eigenvalue weighted by Gasteiger charge is 2.67. The molecule has 2 rings (SSSR count). The highest BCUT2D eigenvalue weighted by molar-refractivity contribution is 6.53. The quantitative estimate of drug-likeness (QED) is 0.617. The van der Waals surface area contributed by atoms with Crippen LogP contribution in [0.2, 0.25) is 0 Å². The minimum absolute atomic E-state index is 0.0149. The van der Waals surface area contributed by atoms with E-state index in [1.54, 1.807) is 0 Å². The summed E-state index contributed by atoms with van der Waals surface area (Å²) >= 11 is 11.9. The van der Waals surface area contributed by atoms with Crippen molar-refractivity contribution >= 4 is 29.1 Å². The zero-order valence-electron chi connectivity index (χ0n) is 10.2. The topological polar surface area (TPSA) is 29.1 Å². The summed E-state index contributed by atoms with van der Waals surface area (Å²) in [4.78, 5) is 11.9. The van der Waals surface area contributed by atoms with Crippen molar-refractivity contribution in [1.82, 2.24) is 5.32 Å². The molecule has 1 atom stereocenters. The zero-order valence-corrected chi connectivity index (χ0v) is 11.7. The Hall–Kier alpha value is -0.210. The highest BCUT2D eigenvalue weighted by Crippen LogP contribution is 2.63. The maximum Gasteiger partial charge on any atom is 0.229 e. The molecule has 1 saturated carbocycles. The van der Waals surface area contributed by atoms with Gasteiger partial charge in [-0.3, -0.25) is 4.79 Å². The maximum absolute atomic E-state index is 11.9. The fourth-order valence-corrected chi connectivity index (χ4v) is 3.02. The summed E-state index contributed by atoms with van der Waals surface area (Å²) in [7, 11) is 0. The first-order chi connectivity index (χ1) is 7.96. The van der Waals surface area contributed by atoms with Crippen molar-refractivity contribution in [3.8, 4) is 0 Å². The maximum atomic E-state index is 11.9. The van der Waals surface area contributed by atoms with Crippen molar-refractivity contribution in [2.45, 2.75) is 49.8 Å². The van der Waals surface area contributed by atoms with Crippen LogP contribution in [0.5, 0.6) is 0 Å². The van der Waals surface area contributed by atoms with Gasteiger partial charge in [-0.05, 0) is 45.4 Å². The van der Waals surface area contributed by atoms with E-state index in [-0.39, 0.29) is 5.91 Å². The Morgan fingerprint density at radius 2 is 2.18 bits per heavy atom. The minimum atomic E-state index is -0.860. The molecule has 0 heterocycles. The fourth-order valence-electron chi connectivity index (χ4n) is 2.31. The van der Waals surface area contributed by atoms with E-state index in [0.29, 0.717) is 13.0 Å². The predicted molar refractivity (Wildman–Crippen MR) is 71.3 cm³/mol. The summed E-state index contributed by atoms with van der Waals surface area (Å²) in [5.74, 6) is -0.0149. The van der Waals surface area contributed by atoms with E-state index in [9.17, 15) is 4.79 Å². The SMILES string of the molecule is CC1(C(=O)NCCC2=CCCCC2)CC1(Cl)Cl. The number of nitrogens with one attached hydrogen (secondary N) is 1. The number of carbonyl (C=O) groups is 1. The molecule has 4 heteroatoms. The van der Waals surface area contributed by atoms with Gasteiger partial charge in [-0.15, -0.1) is 23.2 Å². The molecule has 0 saturated heterocycles. The van der Waals surface area contributed by atoms with Crippen LogP contribution in [0.15, 0.2) is 11.6 Å². The molecule has 1 unspecified atom stereocenters. The number of alkyl halides is 2. The van der Waals surface area contributed by atoms with Crippen molar-refractivity contribution in [1.29, 1.82) is 0 Å². The molecular weight excluding hydrogens is 257 g/mol. The molecule has 0 aromatic carbocycles. The van der Waals surface area contributed by atoms with Gasteiger partial charge in [0.25, 0.3) is 0 Å². The van der Waals surface area contributed by atoms with E-state index in [0.717, 1.165) is 6.42 Å². The zero-order chi connectivity index (χ0) is 12.5. The van der Waals surface area contributed by atoms with Gasteiger partial charge in [0.05, 0.1) is 5.41 Å². The molecule has 2 nitrogen and oxygen atoms in total. The Bertz CT molecular complexity index is 351. The number of hydrogen-bond donors (Lipinski definition) is 1. The number of halogens is 2. The summed E-state index contributed by atoms with van der Waals surface area (Å²) in [6.45, 7) is 2.52. The van der Waals surface area contributed by atoms with Gasteiger partial charge in [-0.2, -0.15) is 0 Å². The lowest BCUT2D eigenvalue weighted by Crippen LogP contribution is -2.34. The van der Waals surface area contributed by atoms with E-state index in [2.05, 4.69) is 11.4 Å². The van der Waals surface area contributed by atoms with Crippen molar-refractivity contribution < 1.29 is 4.79 Å². The molecule has 1 N–H and O–H groups in total. The molecule has 0 bridgehead atoms. The van der Waals surface area contributed by atoms with Crippen LogP contribution in [0.25, 0.3) is 0 Å². The van der Waals surface area contributed by atoms with E-state index < -0.39 is 9.75 Å². The van der Waals surface area contributed by atoms with Gasteiger partial charge in [-0.25, -0.2) is 0 Å². The van der Waals surface area contributed by atoms with Crippen LogP contribution in [0.1, 0.15) is 45.4 Å². The fraction of sp³-hybridized carbons (Fsp3) is 0.769. The van der Waals surface area contributed by atoms with Gasteiger partial charge in [-0.1, -0.05) is 11.6 Å². The number of amides is 1. The first kappa shape index (κ1) is 13.2. The largest absolute Gasteiger partial charge is 0.355 e. The van der Waals surface area contributed by atoms with Crippen molar-refractivity contribution in [3.63, 3.8) is 0 Å². The second-order valence-electron chi connectivity index (χ2n) is 5.33. The smallest absolute Gasteiger partial charge is 0.229 e. The van der Waals surface area contributed by atoms with Gasteiger partial charge >= 0.3 is 0 Å². The van der Waals surface area contributed by atoms with Crippen LogP contribution in [0, 0.1) is 5.41 Å². The van der Waals surface area contributed by atoms with Crippen LogP contribution < -0.4 is 5.32 Å². The van der Waals surface area contributed by atoms with Crippen molar-refractivity contribution in [3.05, 3.63) is 11.6 Å². The molecule has 0 aliphatic heterocycles. The monoisotopic (exact) mass is 275 g/mol. The van der Waals surface area contributed by atoms with Crippen LogP contribution in [-0.2, 0) is 4.79 Å². The molecular formula is C13H19Cl2NO. The van der Waals surface area contributed by atoms with Gasteiger partial charge in [0, 0.05) is 6.54 Å². The average molecular weight is 276 g/mol. The van der Waals surface area contributed by atoms with Crippen LogP contribution in [0.4, 0.5) is 0 Å². The van der Waals surface area contributed by atoms with Crippen LogP contribution in [-0.4, -0.2) is 16.8 Å². The van der Waals surface area contributed by atoms with Gasteiger partial charge in [0.2, 0.25) is 5.91 Å². The Morgan fingerprint density at radius 3 is 2.71 bits per heavy atom. The molecule has 0 aromatic heterocycles. The molecule has 0 spiro atoms. The third-order valence-electron chi connectivity index (χ3n) is 3.88. The third kappa shape index (κ3) is 2.79. The molecule has 17 heavy (non-hydrogen) atoms. The molecule has 2 aliphatic carbocycles. The summed E-state index contributed by atoms with van der Waals surface area (Å²) < 4.78 is -0.860. The normalized spacial score (nSPS) is 30.6. The number of allylic oxidation sites excluding steroid dienone is 1. The number of hydrogen-bond acceptors (Lipinski definition) is 1. The lowest BCUT2D eigenvalue weighted by Gasteiger charge is -2.15. The second-order valence-corrected chi connectivity index (χ2v) is 6.81. The van der Waals surface area contributed by atoms with E-state index in [4.69, 9.17) is 23.2 Å². The Labute approximate surface area is 113 Å².